The van der Waals surface area contributed by atoms with Crippen LogP contribution in [-0.4, -0.2) is 22.2 Å². The minimum atomic E-state index is 0.185. The summed E-state index contributed by atoms with van der Waals surface area (Å²) in [6.45, 7) is 0.676. The molecule has 0 spiro atoms. The lowest BCUT2D eigenvalue weighted by molar-refractivity contribution is -0.118. The van der Waals surface area contributed by atoms with Gasteiger partial charge in [0.25, 0.3) is 0 Å². The maximum atomic E-state index is 12.2. The van der Waals surface area contributed by atoms with E-state index in [1.54, 1.807) is 6.20 Å². The van der Waals surface area contributed by atoms with Crippen LogP contribution in [0.4, 0.5) is 11.4 Å². The quantitative estimate of drug-likeness (QED) is 0.860. The maximum Gasteiger partial charge on any atom is 0.227 e. The predicted molar refractivity (Wildman–Crippen MR) is 78.4 cm³/mol. The van der Waals surface area contributed by atoms with Crippen LogP contribution in [0.5, 0.6) is 0 Å². The van der Waals surface area contributed by atoms with Crippen molar-refractivity contribution >= 4 is 17.3 Å². The summed E-state index contributed by atoms with van der Waals surface area (Å²) in [5, 5.41) is 4.15. The summed E-state index contributed by atoms with van der Waals surface area (Å²) >= 11 is 0. The fourth-order valence-corrected chi connectivity index (χ4v) is 2.70. The normalized spacial score (nSPS) is 14.4. The highest BCUT2D eigenvalue weighted by Gasteiger charge is 2.24. The standard InChI is InChI=1S/C15H18N4O/c1-18-13(6-8-17-18)7-9-19-14-4-3-12(16)10-11(14)2-5-15(19)20/h3-4,6,8,10H,2,5,7,9,16H2,1H3. The summed E-state index contributed by atoms with van der Waals surface area (Å²) in [6.07, 6.45) is 3.91. The number of aryl methyl sites for hydroxylation is 2. The molecular formula is C15H18N4O. The van der Waals surface area contributed by atoms with Gasteiger partial charge in [0.05, 0.1) is 0 Å². The summed E-state index contributed by atoms with van der Waals surface area (Å²) in [6, 6.07) is 7.76. The Labute approximate surface area is 118 Å². The number of nitrogen functional groups attached to an aromatic ring is 1. The van der Waals surface area contributed by atoms with Crippen LogP contribution < -0.4 is 10.6 Å². The summed E-state index contributed by atoms with van der Waals surface area (Å²) in [5.74, 6) is 0.185. The number of carbonyl (C=O) groups excluding carboxylic acids is 1. The number of nitrogens with two attached hydrogens (primary N) is 1. The van der Waals surface area contributed by atoms with Gasteiger partial charge in [-0.15, -0.1) is 0 Å². The minimum absolute atomic E-state index is 0.185. The number of amides is 1. The molecule has 20 heavy (non-hydrogen) atoms. The molecule has 3 rings (SSSR count). The van der Waals surface area contributed by atoms with E-state index in [4.69, 9.17) is 5.73 Å². The van der Waals surface area contributed by atoms with Gasteiger partial charge in [-0.2, -0.15) is 5.10 Å². The van der Waals surface area contributed by atoms with Gasteiger partial charge < -0.3 is 10.6 Å². The predicted octanol–water partition coefficient (Wildman–Crippen LogP) is 1.52. The first-order valence-corrected chi connectivity index (χ1v) is 6.81. The van der Waals surface area contributed by atoms with E-state index >= 15 is 0 Å². The average molecular weight is 270 g/mol. The number of aromatic nitrogens is 2. The lowest BCUT2D eigenvalue weighted by Gasteiger charge is -2.29. The van der Waals surface area contributed by atoms with Crippen LogP contribution in [0.3, 0.4) is 0 Å². The lowest BCUT2D eigenvalue weighted by Crippen LogP contribution is -2.36. The van der Waals surface area contributed by atoms with Crippen LogP contribution in [0.2, 0.25) is 0 Å². The van der Waals surface area contributed by atoms with Crippen molar-refractivity contribution in [3.05, 3.63) is 41.7 Å². The molecule has 0 atom stereocenters. The first kappa shape index (κ1) is 12.7. The van der Waals surface area contributed by atoms with Gasteiger partial charge in [0.1, 0.15) is 0 Å². The van der Waals surface area contributed by atoms with E-state index in [1.165, 1.54) is 0 Å². The van der Waals surface area contributed by atoms with Gasteiger partial charge in [-0.25, -0.2) is 0 Å². The van der Waals surface area contributed by atoms with Crippen molar-refractivity contribution in [1.29, 1.82) is 0 Å². The Morgan fingerprint density at radius 1 is 1.30 bits per heavy atom. The molecule has 1 aromatic carbocycles. The van der Waals surface area contributed by atoms with E-state index in [0.29, 0.717) is 13.0 Å². The molecule has 1 aliphatic heterocycles. The molecule has 2 aromatic rings. The minimum Gasteiger partial charge on any atom is -0.399 e. The molecule has 5 heteroatoms. The maximum absolute atomic E-state index is 12.2. The van der Waals surface area contributed by atoms with Crippen molar-refractivity contribution in [2.45, 2.75) is 19.3 Å². The number of carbonyl (C=O) groups is 1. The Balaban J connectivity index is 1.82. The fraction of sp³-hybridized carbons (Fsp3) is 0.333. The summed E-state index contributed by atoms with van der Waals surface area (Å²) in [4.78, 5) is 14.0. The third-order valence-corrected chi connectivity index (χ3v) is 3.82. The van der Waals surface area contributed by atoms with Crippen molar-refractivity contribution in [2.24, 2.45) is 7.05 Å². The molecule has 1 aromatic heterocycles. The van der Waals surface area contributed by atoms with Crippen molar-refractivity contribution < 1.29 is 4.79 Å². The van der Waals surface area contributed by atoms with Gasteiger partial charge in [0.2, 0.25) is 5.91 Å². The third kappa shape index (κ3) is 2.27. The third-order valence-electron chi connectivity index (χ3n) is 3.82. The number of rotatable bonds is 3. The van der Waals surface area contributed by atoms with Gasteiger partial charge in [-0.05, 0) is 36.2 Å². The van der Waals surface area contributed by atoms with Crippen molar-refractivity contribution in [1.82, 2.24) is 9.78 Å². The molecule has 0 saturated carbocycles. The van der Waals surface area contributed by atoms with Gasteiger partial charge >= 0.3 is 0 Å². The monoisotopic (exact) mass is 270 g/mol. The summed E-state index contributed by atoms with van der Waals surface area (Å²) in [5.41, 5.74) is 9.86. The van der Waals surface area contributed by atoms with Crippen LogP contribution in [0.1, 0.15) is 17.7 Å². The Morgan fingerprint density at radius 2 is 2.15 bits per heavy atom. The van der Waals surface area contributed by atoms with Crippen LogP contribution in [0, 0.1) is 0 Å². The molecule has 2 N–H and O–H groups in total. The largest absolute Gasteiger partial charge is 0.399 e. The molecule has 5 nitrogen and oxygen atoms in total. The number of fused-ring (bicyclic) bond motifs is 1. The molecule has 1 aliphatic rings. The zero-order valence-corrected chi connectivity index (χ0v) is 11.5. The van der Waals surface area contributed by atoms with E-state index < -0.39 is 0 Å². The molecule has 2 heterocycles. The van der Waals surface area contributed by atoms with Crippen LogP contribution in [0.15, 0.2) is 30.5 Å². The topological polar surface area (TPSA) is 64.2 Å². The Bertz CT molecular complexity index is 647. The molecule has 0 bridgehead atoms. The second-order valence-electron chi connectivity index (χ2n) is 5.13. The van der Waals surface area contributed by atoms with E-state index in [0.717, 1.165) is 35.5 Å². The highest BCUT2D eigenvalue weighted by molar-refractivity contribution is 5.96. The Kier molecular flexibility index (Phi) is 3.18. The van der Waals surface area contributed by atoms with E-state index in [1.807, 2.05) is 40.9 Å². The number of nitrogens with zero attached hydrogens (tertiary/aromatic N) is 3. The molecule has 0 saturated heterocycles. The SMILES string of the molecule is Cn1nccc1CCN1C(=O)CCc2cc(N)ccc21. The van der Waals surface area contributed by atoms with Crippen LogP contribution in [-0.2, 0) is 24.7 Å². The Hall–Kier alpha value is -2.30. The highest BCUT2D eigenvalue weighted by atomic mass is 16.2. The molecule has 0 unspecified atom stereocenters. The molecule has 1 amide bonds. The molecule has 0 radical (unpaired) electrons. The van der Waals surface area contributed by atoms with Crippen molar-refractivity contribution in [2.75, 3.05) is 17.2 Å². The number of anilines is 2. The van der Waals surface area contributed by atoms with Crippen molar-refractivity contribution in [3.63, 3.8) is 0 Å². The lowest BCUT2D eigenvalue weighted by atomic mass is 10.00. The van der Waals surface area contributed by atoms with Gasteiger partial charge in [0, 0.05) is 49.7 Å². The summed E-state index contributed by atoms with van der Waals surface area (Å²) < 4.78 is 1.85. The van der Waals surface area contributed by atoms with E-state index in [9.17, 15) is 4.79 Å². The molecule has 0 aliphatic carbocycles. The van der Waals surface area contributed by atoms with Crippen molar-refractivity contribution in [3.8, 4) is 0 Å². The molecular weight excluding hydrogens is 252 g/mol. The first-order valence-electron chi connectivity index (χ1n) is 6.81. The average Bonchev–Trinajstić information content (AvgIpc) is 2.83. The van der Waals surface area contributed by atoms with Gasteiger partial charge in [-0.1, -0.05) is 0 Å². The molecule has 104 valence electrons. The zero-order valence-electron chi connectivity index (χ0n) is 11.5. The van der Waals surface area contributed by atoms with Crippen LogP contribution in [0.25, 0.3) is 0 Å². The Morgan fingerprint density at radius 3 is 2.90 bits per heavy atom. The smallest absolute Gasteiger partial charge is 0.227 e. The highest BCUT2D eigenvalue weighted by Crippen LogP contribution is 2.29. The second kappa shape index (κ2) is 5.00. The number of hydrogen-bond donors (Lipinski definition) is 1. The van der Waals surface area contributed by atoms with Crippen LogP contribution >= 0.6 is 0 Å². The summed E-state index contributed by atoms with van der Waals surface area (Å²) in [7, 11) is 1.92. The zero-order chi connectivity index (χ0) is 14.1. The second-order valence-corrected chi connectivity index (χ2v) is 5.13. The fourth-order valence-electron chi connectivity index (χ4n) is 2.70. The number of benzene rings is 1. The van der Waals surface area contributed by atoms with Gasteiger partial charge in [-0.3, -0.25) is 9.48 Å². The number of hydrogen-bond acceptors (Lipinski definition) is 3. The molecule has 0 fully saturated rings. The van der Waals surface area contributed by atoms with Gasteiger partial charge in [0.15, 0.2) is 0 Å². The van der Waals surface area contributed by atoms with E-state index in [-0.39, 0.29) is 5.91 Å². The first-order chi connectivity index (χ1) is 9.65. The van der Waals surface area contributed by atoms with E-state index in [2.05, 4.69) is 5.10 Å².